The second-order valence-corrected chi connectivity index (χ2v) is 8.01. The monoisotopic (exact) mass is 392 g/mol. The Kier molecular flexibility index (Phi) is 5.43. The number of hydrogen-bond acceptors (Lipinski definition) is 6. The van der Waals surface area contributed by atoms with Gasteiger partial charge >= 0.3 is 5.69 Å². The molecule has 1 aliphatic heterocycles. The minimum absolute atomic E-state index is 0.00741. The van der Waals surface area contributed by atoms with Crippen molar-refractivity contribution in [1.82, 2.24) is 19.0 Å². The zero-order valence-electron chi connectivity index (χ0n) is 16.2. The van der Waals surface area contributed by atoms with E-state index in [9.17, 15) is 14.4 Å². The van der Waals surface area contributed by atoms with Crippen LogP contribution in [-0.4, -0.2) is 56.0 Å². The van der Waals surface area contributed by atoms with Gasteiger partial charge in [0.1, 0.15) is 5.65 Å². The van der Waals surface area contributed by atoms with E-state index in [0.29, 0.717) is 29.0 Å². The van der Waals surface area contributed by atoms with E-state index in [-0.39, 0.29) is 23.9 Å². The smallest absolute Gasteiger partial charge is 0.332 e. The van der Waals surface area contributed by atoms with Crippen molar-refractivity contribution >= 4 is 28.7 Å². The molecule has 1 fully saturated rings. The number of carbonyl (C=O) groups is 1. The number of pyridine rings is 1. The highest BCUT2D eigenvalue weighted by Gasteiger charge is 2.26. The van der Waals surface area contributed by atoms with Crippen LogP contribution in [0, 0.1) is 6.92 Å². The van der Waals surface area contributed by atoms with Crippen LogP contribution in [0.25, 0.3) is 11.0 Å². The van der Waals surface area contributed by atoms with Crippen LogP contribution in [0.15, 0.2) is 20.7 Å². The van der Waals surface area contributed by atoms with Crippen LogP contribution < -0.4 is 11.2 Å². The lowest BCUT2D eigenvalue weighted by molar-refractivity contribution is -0.140. The van der Waals surface area contributed by atoms with Gasteiger partial charge in [0.05, 0.1) is 23.3 Å². The summed E-state index contributed by atoms with van der Waals surface area (Å²) >= 11 is 1.32. The number of thioether (sulfide) groups is 1. The fraction of sp³-hybridized carbons (Fsp3) is 0.556. The standard InChI is InChI=1S/C18H24N4O4S/c1-10-6-19-16-14(17(24)21(5)18(25)20(16)4)15(10)27-9-13(23)22-7-11(2)26-12(3)8-22/h6,11-12H,7-9H2,1-5H3/t11-,12-/m1/s1. The normalized spacial score (nSPS) is 20.3. The lowest BCUT2D eigenvalue weighted by Crippen LogP contribution is -2.48. The van der Waals surface area contributed by atoms with Gasteiger partial charge in [-0.3, -0.25) is 18.7 Å². The van der Waals surface area contributed by atoms with Crippen molar-refractivity contribution < 1.29 is 9.53 Å². The summed E-state index contributed by atoms with van der Waals surface area (Å²) < 4.78 is 8.10. The highest BCUT2D eigenvalue weighted by molar-refractivity contribution is 8.00. The van der Waals surface area contributed by atoms with E-state index >= 15 is 0 Å². The zero-order valence-corrected chi connectivity index (χ0v) is 17.0. The topological polar surface area (TPSA) is 86.4 Å². The number of aryl methyl sites for hydroxylation is 2. The maximum Gasteiger partial charge on any atom is 0.332 e. The predicted molar refractivity (Wildman–Crippen MR) is 104 cm³/mol. The average Bonchev–Trinajstić information content (AvgIpc) is 2.62. The number of aromatic nitrogens is 3. The molecule has 146 valence electrons. The van der Waals surface area contributed by atoms with Crippen LogP contribution in [0.4, 0.5) is 0 Å². The van der Waals surface area contributed by atoms with Crippen molar-refractivity contribution in [3.63, 3.8) is 0 Å². The minimum Gasteiger partial charge on any atom is -0.372 e. The lowest BCUT2D eigenvalue weighted by atomic mass is 10.2. The molecule has 2 atom stereocenters. The van der Waals surface area contributed by atoms with E-state index in [1.54, 1.807) is 18.1 Å². The fourth-order valence-corrected chi connectivity index (χ4v) is 4.44. The summed E-state index contributed by atoms with van der Waals surface area (Å²) in [5.74, 6) is 0.221. The molecular weight excluding hydrogens is 368 g/mol. The molecule has 1 amide bonds. The Morgan fingerprint density at radius 2 is 1.85 bits per heavy atom. The van der Waals surface area contributed by atoms with Gasteiger partial charge in [0, 0.05) is 38.3 Å². The lowest BCUT2D eigenvalue weighted by Gasteiger charge is -2.35. The van der Waals surface area contributed by atoms with Gasteiger partial charge in [0.2, 0.25) is 5.91 Å². The SMILES string of the molecule is Cc1cnc2c(c1SCC(=O)N1C[C@@H](C)O[C@H](C)C1)c(=O)n(C)c(=O)n2C. The van der Waals surface area contributed by atoms with Gasteiger partial charge in [-0.15, -0.1) is 11.8 Å². The maximum absolute atomic E-state index is 12.7. The quantitative estimate of drug-likeness (QED) is 0.714. The number of ether oxygens (including phenoxy) is 1. The molecule has 0 bridgehead atoms. The van der Waals surface area contributed by atoms with Crippen molar-refractivity contribution in [2.24, 2.45) is 14.1 Å². The van der Waals surface area contributed by atoms with E-state index in [1.165, 1.54) is 23.4 Å². The van der Waals surface area contributed by atoms with Gasteiger partial charge in [-0.25, -0.2) is 9.78 Å². The molecule has 0 saturated carbocycles. The van der Waals surface area contributed by atoms with E-state index < -0.39 is 11.2 Å². The molecule has 0 spiro atoms. The zero-order chi connectivity index (χ0) is 19.9. The van der Waals surface area contributed by atoms with Crippen molar-refractivity contribution in [3.05, 3.63) is 32.6 Å². The van der Waals surface area contributed by atoms with E-state index in [1.807, 2.05) is 20.8 Å². The molecule has 0 N–H and O–H groups in total. The van der Waals surface area contributed by atoms with Crippen molar-refractivity contribution in [2.75, 3.05) is 18.8 Å². The molecule has 3 rings (SSSR count). The minimum atomic E-state index is -0.424. The van der Waals surface area contributed by atoms with Crippen molar-refractivity contribution in [2.45, 2.75) is 37.9 Å². The van der Waals surface area contributed by atoms with Gasteiger partial charge in [-0.05, 0) is 26.3 Å². The Morgan fingerprint density at radius 3 is 2.48 bits per heavy atom. The summed E-state index contributed by atoms with van der Waals surface area (Å²) in [6.45, 7) is 6.89. The van der Waals surface area contributed by atoms with Crippen LogP contribution in [0.1, 0.15) is 19.4 Å². The molecule has 27 heavy (non-hydrogen) atoms. The largest absolute Gasteiger partial charge is 0.372 e. The molecule has 0 aromatic carbocycles. The summed E-state index contributed by atoms with van der Waals surface area (Å²) in [7, 11) is 3.03. The van der Waals surface area contributed by atoms with Gasteiger partial charge < -0.3 is 9.64 Å². The number of fused-ring (bicyclic) bond motifs is 1. The molecule has 8 nitrogen and oxygen atoms in total. The average molecular weight is 392 g/mol. The molecule has 0 unspecified atom stereocenters. The summed E-state index contributed by atoms with van der Waals surface area (Å²) in [5, 5.41) is 0.376. The van der Waals surface area contributed by atoms with Crippen LogP contribution >= 0.6 is 11.8 Å². The van der Waals surface area contributed by atoms with E-state index in [4.69, 9.17) is 4.74 Å². The van der Waals surface area contributed by atoms with Crippen LogP contribution in [0.3, 0.4) is 0 Å². The van der Waals surface area contributed by atoms with Crippen LogP contribution in [0.2, 0.25) is 0 Å². The number of rotatable bonds is 3. The number of hydrogen-bond donors (Lipinski definition) is 0. The van der Waals surface area contributed by atoms with Gasteiger partial charge in [-0.2, -0.15) is 0 Å². The highest BCUT2D eigenvalue weighted by Crippen LogP contribution is 2.28. The van der Waals surface area contributed by atoms with Gasteiger partial charge in [-0.1, -0.05) is 0 Å². The summed E-state index contributed by atoms with van der Waals surface area (Å²) in [4.78, 5) is 44.3. The Balaban J connectivity index is 1.93. The molecule has 1 saturated heterocycles. The fourth-order valence-electron chi connectivity index (χ4n) is 3.39. The van der Waals surface area contributed by atoms with Crippen LogP contribution in [0.5, 0.6) is 0 Å². The Labute approximate surface area is 161 Å². The molecule has 0 radical (unpaired) electrons. The first-order valence-electron chi connectivity index (χ1n) is 8.82. The third kappa shape index (κ3) is 3.66. The number of amides is 1. The summed E-state index contributed by atoms with van der Waals surface area (Å²) in [5.41, 5.74) is 0.317. The molecule has 0 aliphatic carbocycles. The third-order valence-electron chi connectivity index (χ3n) is 4.71. The van der Waals surface area contributed by atoms with Gasteiger partial charge in [0.15, 0.2) is 0 Å². The first-order chi connectivity index (χ1) is 12.7. The molecule has 2 aromatic rings. The number of nitrogens with zero attached hydrogens (tertiary/aromatic N) is 4. The summed E-state index contributed by atoms with van der Waals surface area (Å²) in [6, 6.07) is 0. The molecule has 9 heteroatoms. The summed E-state index contributed by atoms with van der Waals surface area (Å²) in [6.07, 6.45) is 1.65. The third-order valence-corrected chi connectivity index (χ3v) is 5.92. The Morgan fingerprint density at radius 1 is 1.22 bits per heavy atom. The maximum atomic E-state index is 12.7. The first-order valence-corrected chi connectivity index (χ1v) is 9.80. The first kappa shape index (κ1) is 19.6. The highest BCUT2D eigenvalue weighted by atomic mass is 32.2. The van der Waals surface area contributed by atoms with Crippen molar-refractivity contribution in [3.8, 4) is 0 Å². The predicted octanol–water partition coefficient (Wildman–Crippen LogP) is 0.669. The van der Waals surface area contributed by atoms with Crippen LogP contribution in [-0.2, 0) is 23.6 Å². The Bertz CT molecular complexity index is 1000. The van der Waals surface area contributed by atoms with Crippen molar-refractivity contribution in [1.29, 1.82) is 0 Å². The Hall–Kier alpha value is -2.13. The second-order valence-electron chi connectivity index (χ2n) is 7.02. The molecule has 1 aliphatic rings. The molecular formula is C18H24N4O4S. The van der Waals surface area contributed by atoms with E-state index in [0.717, 1.165) is 10.1 Å². The van der Waals surface area contributed by atoms with E-state index in [2.05, 4.69) is 4.98 Å². The number of morpholine rings is 1. The number of carbonyl (C=O) groups excluding carboxylic acids is 1. The van der Waals surface area contributed by atoms with Gasteiger partial charge in [0.25, 0.3) is 5.56 Å². The second kappa shape index (κ2) is 7.47. The molecule has 2 aromatic heterocycles. The molecule has 3 heterocycles.